The van der Waals surface area contributed by atoms with Gasteiger partial charge in [-0.3, -0.25) is 9.10 Å². The number of oxazole rings is 1. The van der Waals surface area contributed by atoms with Gasteiger partial charge in [-0.1, -0.05) is 12.1 Å². The summed E-state index contributed by atoms with van der Waals surface area (Å²) in [5.41, 5.74) is 3.43. The SMILES string of the molecule is CNC(=O)c1c(-c2ccc(F)cc2)oc2cc(N(C)S(C)(=O)=O)c(-c3ccc(-c4ncc[nH]4)c(-c4nc5c(F)cccc5o4)c3)cc12. The van der Waals surface area contributed by atoms with Crippen LogP contribution in [-0.4, -0.2) is 49.6 Å². The number of furan rings is 1. The lowest BCUT2D eigenvalue weighted by Crippen LogP contribution is -2.25. The van der Waals surface area contributed by atoms with Gasteiger partial charge in [0.2, 0.25) is 15.9 Å². The number of anilines is 1. The maximum Gasteiger partial charge on any atom is 0.255 e. The van der Waals surface area contributed by atoms with E-state index in [1.54, 1.807) is 48.8 Å². The first-order valence-corrected chi connectivity index (χ1v) is 16.1. The molecule has 13 heteroatoms. The average Bonchev–Trinajstić information content (AvgIpc) is 3.82. The van der Waals surface area contributed by atoms with Gasteiger partial charge in [-0.2, -0.15) is 0 Å². The number of amides is 1. The molecule has 0 aliphatic rings. The Hall–Kier alpha value is -5.82. The fraction of sp³-hybridized carbons (Fsp3) is 0.0882. The number of imidazole rings is 1. The first kappa shape index (κ1) is 29.9. The number of benzene rings is 4. The second kappa shape index (κ2) is 11.2. The second-order valence-electron chi connectivity index (χ2n) is 10.8. The summed E-state index contributed by atoms with van der Waals surface area (Å²) >= 11 is 0. The Bertz CT molecular complexity index is 2440. The van der Waals surface area contributed by atoms with Crippen LogP contribution in [0.25, 0.3) is 67.4 Å². The van der Waals surface area contributed by atoms with Crippen LogP contribution in [0.1, 0.15) is 10.4 Å². The van der Waals surface area contributed by atoms with E-state index in [-0.39, 0.29) is 39.6 Å². The molecule has 1 amide bonds. The molecule has 236 valence electrons. The highest BCUT2D eigenvalue weighted by molar-refractivity contribution is 7.92. The van der Waals surface area contributed by atoms with Gasteiger partial charge in [-0.25, -0.2) is 27.2 Å². The number of aromatic nitrogens is 3. The van der Waals surface area contributed by atoms with Crippen LogP contribution >= 0.6 is 0 Å². The summed E-state index contributed by atoms with van der Waals surface area (Å²) in [5, 5.41) is 3.03. The molecule has 0 fully saturated rings. The molecule has 2 N–H and O–H groups in total. The average molecular weight is 654 g/mol. The van der Waals surface area contributed by atoms with E-state index in [1.165, 1.54) is 50.5 Å². The molecule has 4 aromatic carbocycles. The van der Waals surface area contributed by atoms with E-state index in [0.717, 1.165) is 10.6 Å². The third-order valence-corrected chi connectivity index (χ3v) is 9.08. The Balaban J connectivity index is 1.52. The zero-order valence-corrected chi connectivity index (χ0v) is 25.9. The van der Waals surface area contributed by atoms with Crippen LogP contribution < -0.4 is 9.62 Å². The molecule has 0 spiro atoms. The number of halogens is 2. The second-order valence-corrected chi connectivity index (χ2v) is 12.8. The number of para-hydroxylation sites is 1. The van der Waals surface area contributed by atoms with Gasteiger partial charge in [-0.15, -0.1) is 0 Å². The number of carbonyl (C=O) groups excluding carboxylic acids is 1. The van der Waals surface area contributed by atoms with Crippen molar-refractivity contribution in [1.82, 2.24) is 20.3 Å². The Morgan fingerprint density at radius 1 is 0.915 bits per heavy atom. The summed E-state index contributed by atoms with van der Waals surface area (Å²) in [7, 11) is -0.896. The van der Waals surface area contributed by atoms with Gasteiger partial charge in [0.05, 0.1) is 17.5 Å². The Morgan fingerprint density at radius 2 is 1.68 bits per heavy atom. The molecular formula is C34H25F2N5O5S. The fourth-order valence-corrected chi connectivity index (χ4v) is 6.00. The number of carbonyl (C=O) groups is 1. The van der Waals surface area contributed by atoms with E-state index >= 15 is 0 Å². The first-order valence-electron chi connectivity index (χ1n) is 14.3. The van der Waals surface area contributed by atoms with Crippen LogP contribution in [0.4, 0.5) is 14.5 Å². The van der Waals surface area contributed by atoms with Crippen molar-refractivity contribution in [3.05, 3.63) is 102 Å². The molecule has 0 bridgehead atoms. The quantitative estimate of drug-likeness (QED) is 0.189. The van der Waals surface area contributed by atoms with Gasteiger partial charge in [-0.05, 0) is 60.2 Å². The summed E-state index contributed by atoms with van der Waals surface area (Å²) in [6.07, 6.45) is 4.31. The normalized spacial score (nSPS) is 11.8. The molecule has 7 rings (SSSR count). The number of hydrogen-bond acceptors (Lipinski definition) is 7. The van der Waals surface area contributed by atoms with E-state index < -0.39 is 27.6 Å². The van der Waals surface area contributed by atoms with E-state index in [9.17, 15) is 22.0 Å². The summed E-state index contributed by atoms with van der Waals surface area (Å²) < 4.78 is 67.5. The Kier molecular flexibility index (Phi) is 7.12. The highest BCUT2D eigenvalue weighted by Gasteiger charge is 2.27. The summed E-state index contributed by atoms with van der Waals surface area (Å²) in [5.74, 6) is -0.660. The van der Waals surface area contributed by atoms with Crippen LogP contribution in [0.2, 0.25) is 0 Å². The Morgan fingerprint density at radius 3 is 2.36 bits per heavy atom. The lowest BCUT2D eigenvalue weighted by molar-refractivity contribution is 0.0964. The van der Waals surface area contributed by atoms with Crippen molar-refractivity contribution in [2.75, 3.05) is 24.7 Å². The summed E-state index contributed by atoms with van der Waals surface area (Å²) in [4.78, 5) is 25.2. The first-order chi connectivity index (χ1) is 22.5. The van der Waals surface area contributed by atoms with Crippen LogP contribution in [-0.2, 0) is 10.0 Å². The van der Waals surface area contributed by atoms with Crippen molar-refractivity contribution >= 4 is 43.7 Å². The monoisotopic (exact) mass is 653 g/mol. The van der Waals surface area contributed by atoms with Gasteiger partial charge in [0.15, 0.2) is 11.4 Å². The highest BCUT2D eigenvalue weighted by atomic mass is 32.2. The topological polar surface area (TPSA) is 134 Å². The molecule has 0 aliphatic carbocycles. The maximum atomic E-state index is 14.6. The Labute approximate surface area is 266 Å². The van der Waals surface area contributed by atoms with Crippen LogP contribution in [0.5, 0.6) is 0 Å². The molecule has 10 nitrogen and oxygen atoms in total. The van der Waals surface area contributed by atoms with Crippen LogP contribution in [0, 0.1) is 11.6 Å². The molecular weight excluding hydrogens is 628 g/mol. The minimum absolute atomic E-state index is 0.0548. The predicted octanol–water partition coefficient (Wildman–Crippen LogP) is 7.00. The third kappa shape index (κ3) is 5.20. The summed E-state index contributed by atoms with van der Waals surface area (Å²) in [6.45, 7) is 0. The predicted molar refractivity (Wildman–Crippen MR) is 174 cm³/mol. The molecule has 47 heavy (non-hydrogen) atoms. The van der Waals surface area contributed by atoms with Crippen molar-refractivity contribution in [3.63, 3.8) is 0 Å². The van der Waals surface area contributed by atoms with Gasteiger partial charge < -0.3 is 19.1 Å². The molecule has 3 heterocycles. The zero-order chi connectivity index (χ0) is 33.0. The van der Waals surface area contributed by atoms with E-state index in [0.29, 0.717) is 39.0 Å². The highest BCUT2D eigenvalue weighted by Crippen LogP contribution is 2.43. The van der Waals surface area contributed by atoms with Gasteiger partial charge in [0.1, 0.15) is 28.5 Å². The van der Waals surface area contributed by atoms with E-state index in [4.69, 9.17) is 8.83 Å². The van der Waals surface area contributed by atoms with Gasteiger partial charge in [0.25, 0.3) is 5.91 Å². The molecule has 0 atom stereocenters. The molecule has 3 aromatic heterocycles. The number of H-pyrrole nitrogens is 1. The third-order valence-electron chi connectivity index (χ3n) is 7.89. The van der Waals surface area contributed by atoms with E-state index in [1.807, 2.05) is 0 Å². The van der Waals surface area contributed by atoms with Crippen LogP contribution in [0.3, 0.4) is 0 Å². The van der Waals surface area contributed by atoms with Gasteiger partial charge >= 0.3 is 0 Å². The van der Waals surface area contributed by atoms with Crippen molar-refractivity contribution in [2.24, 2.45) is 0 Å². The minimum Gasteiger partial charge on any atom is -0.455 e. The largest absolute Gasteiger partial charge is 0.455 e. The van der Waals surface area contributed by atoms with Crippen molar-refractivity contribution < 1.29 is 30.8 Å². The smallest absolute Gasteiger partial charge is 0.255 e. The maximum absolute atomic E-state index is 14.6. The van der Waals surface area contributed by atoms with Crippen molar-refractivity contribution in [2.45, 2.75) is 0 Å². The van der Waals surface area contributed by atoms with E-state index in [2.05, 4.69) is 20.3 Å². The van der Waals surface area contributed by atoms with Crippen LogP contribution in [0.15, 0.2) is 94.0 Å². The zero-order valence-electron chi connectivity index (χ0n) is 25.1. The molecule has 0 saturated heterocycles. The molecule has 0 unspecified atom stereocenters. The number of aromatic amines is 1. The lowest BCUT2D eigenvalue weighted by Gasteiger charge is -2.21. The number of hydrogen-bond donors (Lipinski definition) is 2. The van der Waals surface area contributed by atoms with Gasteiger partial charge in [0, 0.05) is 60.2 Å². The lowest BCUT2D eigenvalue weighted by atomic mass is 9.95. The number of fused-ring (bicyclic) bond motifs is 2. The molecule has 0 saturated carbocycles. The number of sulfonamides is 1. The fourth-order valence-electron chi connectivity index (χ4n) is 5.50. The standard InChI is InChI=1S/C34H25F2N5O5S/c1-37-33(42)29-24-16-22(26(41(2)47(3,43)44)17-28(24)45-31(29)18-7-10-20(35)11-8-18)19-9-12-21(32-38-13-14-39-32)23(15-19)34-40-30-25(36)5-4-6-27(30)46-34/h4-17H,1-3H3,(H,37,42)(H,38,39). The van der Waals surface area contributed by atoms with Crippen molar-refractivity contribution in [1.29, 1.82) is 0 Å². The van der Waals surface area contributed by atoms with Crippen molar-refractivity contribution in [3.8, 4) is 45.3 Å². The molecule has 0 aliphatic heterocycles. The minimum atomic E-state index is -3.78. The number of rotatable bonds is 7. The number of nitrogens with zero attached hydrogens (tertiary/aromatic N) is 3. The summed E-state index contributed by atoms with van der Waals surface area (Å²) in [6, 6.07) is 18.4. The molecule has 7 aromatic rings. The number of nitrogens with one attached hydrogen (secondary N) is 2. The molecule has 0 radical (unpaired) electrons.